The van der Waals surface area contributed by atoms with Crippen molar-refractivity contribution in [2.24, 2.45) is 5.92 Å². The average molecular weight is 246 g/mol. The van der Waals surface area contributed by atoms with Crippen LogP contribution in [0.1, 0.15) is 58.8 Å². The van der Waals surface area contributed by atoms with Crippen LogP contribution in [-0.2, 0) is 0 Å². The molecule has 1 atom stereocenters. The molecule has 0 nitrogen and oxygen atoms in total. The van der Waals surface area contributed by atoms with Crippen molar-refractivity contribution in [1.29, 1.82) is 0 Å². The Bertz CT molecular complexity index is 141. The maximum Gasteiger partial charge on any atom is 0.0505 e. The minimum Gasteiger partial charge on any atom is -0.148 e. The van der Waals surface area contributed by atoms with E-state index in [9.17, 15) is 0 Å². The zero-order chi connectivity index (χ0) is 10.9. The van der Waals surface area contributed by atoms with Gasteiger partial charge in [0, 0.05) is 0 Å². The van der Waals surface area contributed by atoms with Crippen molar-refractivity contribution in [1.82, 2.24) is 0 Å². The highest BCUT2D eigenvalue weighted by Crippen LogP contribution is 2.35. The van der Waals surface area contributed by atoms with Gasteiger partial charge in [0.1, 0.15) is 0 Å². The Morgan fingerprint density at radius 2 is 1.87 bits per heavy atom. The van der Waals surface area contributed by atoms with Crippen molar-refractivity contribution < 1.29 is 0 Å². The lowest BCUT2D eigenvalue weighted by molar-refractivity contribution is 0.474. The van der Waals surface area contributed by atoms with Crippen molar-refractivity contribution in [2.45, 2.75) is 63.4 Å². The molecule has 0 radical (unpaired) electrons. The molecule has 0 aromatic heterocycles. The fourth-order valence-electron chi connectivity index (χ4n) is 2.04. The highest BCUT2D eigenvalue weighted by atomic mass is 32.2. The number of thioether (sulfide) groups is 2. The highest BCUT2D eigenvalue weighted by molar-refractivity contribution is 8.17. The van der Waals surface area contributed by atoms with Crippen molar-refractivity contribution in [3.8, 4) is 0 Å². The van der Waals surface area contributed by atoms with E-state index >= 15 is 0 Å². The summed E-state index contributed by atoms with van der Waals surface area (Å²) in [6.45, 7) is 4.74. The zero-order valence-electron chi connectivity index (χ0n) is 10.3. The van der Waals surface area contributed by atoms with Crippen LogP contribution in [0, 0.1) is 5.92 Å². The molecule has 1 fully saturated rings. The van der Waals surface area contributed by atoms with Crippen molar-refractivity contribution in [2.75, 3.05) is 11.5 Å². The third kappa shape index (κ3) is 6.78. The molecule has 0 N–H and O–H groups in total. The van der Waals surface area contributed by atoms with Gasteiger partial charge >= 0.3 is 0 Å². The van der Waals surface area contributed by atoms with Gasteiger partial charge in [0.2, 0.25) is 0 Å². The predicted octanol–water partition coefficient (Wildman–Crippen LogP) is 5.18. The lowest BCUT2D eigenvalue weighted by Gasteiger charge is -2.23. The number of hydrogen-bond acceptors (Lipinski definition) is 2. The molecule has 0 saturated carbocycles. The molecule has 0 aliphatic carbocycles. The second kappa shape index (κ2) is 8.81. The van der Waals surface area contributed by atoms with Crippen LogP contribution in [-0.4, -0.2) is 16.1 Å². The van der Waals surface area contributed by atoms with Crippen molar-refractivity contribution in [3.05, 3.63) is 0 Å². The van der Waals surface area contributed by atoms with E-state index in [0.717, 1.165) is 10.5 Å². The van der Waals surface area contributed by atoms with Gasteiger partial charge in [0.15, 0.2) is 0 Å². The van der Waals surface area contributed by atoms with Crippen LogP contribution in [0.25, 0.3) is 0 Å². The van der Waals surface area contributed by atoms with Crippen LogP contribution in [0.4, 0.5) is 0 Å². The minimum absolute atomic E-state index is 0.917. The van der Waals surface area contributed by atoms with Crippen LogP contribution in [0.15, 0.2) is 0 Å². The van der Waals surface area contributed by atoms with Crippen molar-refractivity contribution in [3.63, 3.8) is 0 Å². The SMILES string of the molecule is CCCCCC[C@H](C)CC1SCCCS1. The van der Waals surface area contributed by atoms with E-state index in [-0.39, 0.29) is 0 Å². The third-order valence-corrected chi connectivity index (χ3v) is 6.04. The average Bonchev–Trinajstić information content (AvgIpc) is 2.26. The molecule has 1 aliphatic rings. The molecule has 1 heterocycles. The molecule has 0 spiro atoms. The predicted molar refractivity (Wildman–Crippen MR) is 75.9 cm³/mol. The molecule has 2 heteroatoms. The number of unbranched alkanes of at least 4 members (excludes halogenated alkanes) is 3. The fourth-order valence-corrected chi connectivity index (χ4v) is 5.26. The summed E-state index contributed by atoms with van der Waals surface area (Å²) in [7, 11) is 0. The molecule has 15 heavy (non-hydrogen) atoms. The first-order valence-electron chi connectivity index (χ1n) is 6.56. The van der Waals surface area contributed by atoms with Gasteiger partial charge in [-0.1, -0.05) is 46.0 Å². The lowest BCUT2D eigenvalue weighted by Crippen LogP contribution is -2.10. The summed E-state index contributed by atoms with van der Waals surface area (Å²) in [5, 5.41) is 0. The van der Waals surface area contributed by atoms with Crippen molar-refractivity contribution >= 4 is 23.5 Å². The van der Waals surface area contributed by atoms with E-state index in [2.05, 4.69) is 37.4 Å². The second-order valence-corrected chi connectivity index (χ2v) is 7.63. The van der Waals surface area contributed by atoms with Crippen LogP contribution in [0.5, 0.6) is 0 Å². The summed E-state index contributed by atoms with van der Waals surface area (Å²) < 4.78 is 0.917. The van der Waals surface area contributed by atoms with Crippen LogP contribution in [0.3, 0.4) is 0 Å². The lowest BCUT2D eigenvalue weighted by atomic mass is 10.0. The maximum atomic E-state index is 2.45. The normalized spacial score (nSPS) is 20.4. The molecule has 0 unspecified atom stereocenters. The van der Waals surface area contributed by atoms with Crippen LogP contribution < -0.4 is 0 Å². The molecule has 0 amide bonds. The second-order valence-electron chi connectivity index (χ2n) is 4.71. The summed E-state index contributed by atoms with van der Waals surface area (Å²) >= 11 is 4.40. The van der Waals surface area contributed by atoms with Gasteiger partial charge in [-0.25, -0.2) is 0 Å². The van der Waals surface area contributed by atoms with Gasteiger partial charge < -0.3 is 0 Å². The van der Waals surface area contributed by atoms with E-state index in [1.165, 1.54) is 56.5 Å². The van der Waals surface area contributed by atoms with E-state index in [4.69, 9.17) is 0 Å². The maximum absolute atomic E-state index is 2.45. The summed E-state index contributed by atoms with van der Waals surface area (Å²) in [5.74, 6) is 3.76. The van der Waals surface area contributed by atoms with Gasteiger partial charge in [-0.3, -0.25) is 0 Å². The first-order chi connectivity index (χ1) is 7.33. The Kier molecular flexibility index (Phi) is 8.08. The zero-order valence-corrected chi connectivity index (χ0v) is 12.0. The summed E-state index contributed by atoms with van der Waals surface area (Å²) in [5.41, 5.74) is 0. The Balaban J connectivity index is 1.98. The first kappa shape index (κ1) is 13.8. The van der Waals surface area contributed by atoms with Gasteiger partial charge in [-0.15, -0.1) is 23.5 Å². The topological polar surface area (TPSA) is 0 Å². The van der Waals surface area contributed by atoms with Crippen LogP contribution >= 0.6 is 23.5 Å². The fraction of sp³-hybridized carbons (Fsp3) is 1.00. The van der Waals surface area contributed by atoms with E-state index in [1.807, 2.05) is 0 Å². The smallest absolute Gasteiger partial charge is 0.0505 e. The molecule has 0 aromatic rings. The van der Waals surface area contributed by atoms with Crippen LogP contribution in [0.2, 0.25) is 0 Å². The molecular weight excluding hydrogens is 220 g/mol. The van der Waals surface area contributed by atoms with E-state index in [1.54, 1.807) is 0 Å². The summed E-state index contributed by atoms with van der Waals surface area (Å²) in [4.78, 5) is 0. The summed E-state index contributed by atoms with van der Waals surface area (Å²) in [6.07, 6.45) is 10.0. The summed E-state index contributed by atoms with van der Waals surface area (Å²) in [6, 6.07) is 0. The number of rotatable bonds is 7. The van der Waals surface area contributed by atoms with Gasteiger partial charge in [-0.05, 0) is 30.3 Å². The third-order valence-electron chi connectivity index (χ3n) is 3.04. The Morgan fingerprint density at radius 1 is 1.13 bits per heavy atom. The quantitative estimate of drug-likeness (QED) is 0.568. The number of hydrogen-bond donors (Lipinski definition) is 0. The molecule has 0 bridgehead atoms. The van der Waals surface area contributed by atoms with Gasteiger partial charge in [0.25, 0.3) is 0 Å². The standard InChI is InChI=1S/C13H26S2/c1-3-4-5-6-8-12(2)11-13-14-9-7-10-15-13/h12-13H,3-11H2,1-2H3/t12-/m0/s1. The molecule has 0 aromatic carbocycles. The molecule has 90 valence electrons. The molecule has 1 aliphatic heterocycles. The largest absolute Gasteiger partial charge is 0.148 e. The van der Waals surface area contributed by atoms with Gasteiger partial charge in [0.05, 0.1) is 4.58 Å². The Labute approximate surface area is 104 Å². The van der Waals surface area contributed by atoms with E-state index in [0.29, 0.717) is 0 Å². The molecule has 1 rings (SSSR count). The Hall–Kier alpha value is 0.700. The van der Waals surface area contributed by atoms with Gasteiger partial charge in [-0.2, -0.15) is 0 Å². The Morgan fingerprint density at radius 3 is 2.53 bits per heavy atom. The first-order valence-corrected chi connectivity index (χ1v) is 8.66. The minimum atomic E-state index is 0.917. The molecule has 1 saturated heterocycles. The van der Waals surface area contributed by atoms with E-state index < -0.39 is 0 Å². The monoisotopic (exact) mass is 246 g/mol. The highest BCUT2D eigenvalue weighted by Gasteiger charge is 2.16. The molecular formula is C13H26S2.